The fourth-order valence-corrected chi connectivity index (χ4v) is 2.76. The fraction of sp³-hybridized carbons (Fsp3) is 0.0476. The number of hydrogen-bond acceptors (Lipinski definition) is 5. The van der Waals surface area contributed by atoms with Crippen LogP contribution in [0.25, 0.3) is 6.08 Å². The molecule has 2 heterocycles. The zero-order chi connectivity index (χ0) is 19.0. The van der Waals surface area contributed by atoms with E-state index in [9.17, 15) is 14.0 Å². The standard InChI is InChI=1S/C21H13FO5/c1-12-17(27-21(24)13-4-2-5-14(22)10-13)8-7-16-19(23)18(26-20(12)16)11-15-6-3-9-25-15/h2-11H,1H3/b18-11-. The van der Waals surface area contributed by atoms with Crippen LogP contribution in [0.4, 0.5) is 4.39 Å². The number of furan rings is 1. The fourth-order valence-electron chi connectivity index (χ4n) is 2.76. The largest absolute Gasteiger partial charge is 0.465 e. The number of allylic oxidation sites excluding steroid dienone is 1. The van der Waals surface area contributed by atoms with E-state index in [0.717, 1.165) is 6.07 Å². The summed E-state index contributed by atoms with van der Waals surface area (Å²) in [6.45, 7) is 1.68. The van der Waals surface area contributed by atoms with E-state index in [1.807, 2.05) is 0 Å². The van der Waals surface area contributed by atoms with Gasteiger partial charge in [-0.1, -0.05) is 6.07 Å². The van der Waals surface area contributed by atoms with Crippen molar-refractivity contribution in [2.45, 2.75) is 6.92 Å². The summed E-state index contributed by atoms with van der Waals surface area (Å²) in [6.07, 6.45) is 2.99. The van der Waals surface area contributed by atoms with Crippen LogP contribution in [0.15, 0.2) is 65.0 Å². The molecule has 27 heavy (non-hydrogen) atoms. The van der Waals surface area contributed by atoms with Crippen LogP contribution in [-0.4, -0.2) is 11.8 Å². The van der Waals surface area contributed by atoms with Crippen molar-refractivity contribution < 1.29 is 27.9 Å². The van der Waals surface area contributed by atoms with Gasteiger partial charge in [0.1, 0.15) is 23.1 Å². The van der Waals surface area contributed by atoms with Gasteiger partial charge in [0.15, 0.2) is 5.76 Å². The van der Waals surface area contributed by atoms with E-state index in [-0.39, 0.29) is 22.9 Å². The summed E-state index contributed by atoms with van der Waals surface area (Å²) in [5.74, 6) is -0.354. The van der Waals surface area contributed by atoms with Crippen molar-refractivity contribution >= 4 is 17.8 Å². The van der Waals surface area contributed by atoms with Crippen LogP contribution in [0.1, 0.15) is 32.0 Å². The smallest absolute Gasteiger partial charge is 0.343 e. The van der Waals surface area contributed by atoms with Crippen LogP contribution in [0, 0.1) is 12.7 Å². The summed E-state index contributed by atoms with van der Waals surface area (Å²) < 4.78 is 29.5. The Kier molecular flexibility index (Phi) is 4.08. The summed E-state index contributed by atoms with van der Waals surface area (Å²) in [6, 6.07) is 11.7. The van der Waals surface area contributed by atoms with Gasteiger partial charge >= 0.3 is 5.97 Å². The number of Topliss-reactive ketones (excluding diaryl/α,β-unsaturated/α-hetero) is 1. The Morgan fingerprint density at radius 2 is 2.00 bits per heavy atom. The van der Waals surface area contributed by atoms with Crippen LogP contribution in [0.5, 0.6) is 11.5 Å². The van der Waals surface area contributed by atoms with Gasteiger partial charge in [0, 0.05) is 11.6 Å². The molecule has 0 bridgehead atoms. The Morgan fingerprint density at radius 1 is 1.15 bits per heavy atom. The second kappa shape index (κ2) is 6.57. The van der Waals surface area contributed by atoms with Gasteiger partial charge in [0.25, 0.3) is 0 Å². The number of ketones is 1. The van der Waals surface area contributed by atoms with Gasteiger partial charge in [-0.3, -0.25) is 4.79 Å². The van der Waals surface area contributed by atoms with Crippen LogP contribution >= 0.6 is 0 Å². The maximum atomic E-state index is 13.3. The molecule has 0 aliphatic carbocycles. The number of carbonyl (C=O) groups excluding carboxylic acids is 2. The van der Waals surface area contributed by atoms with Crippen LogP contribution < -0.4 is 9.47 Å². The topological polar surface area (TPSA) is 65.7 Å². The molecule has 4 rings (SSSR count). The Hall–Kier alpha value is -3.67. The van der Waals surface area contributed by atoms with Crippen molar-refractivity contribution in [2.75, 3.05) is 0 Å². The molecule has 0 atom stereocenters. The minimum atomic E-state index is -0.701. The van der Waals surface area contributed by atoms with E-state index in [1.165, 1.54) is 42.7 Å². The monoisotopic (exact) mass is 364 g/mol. The Morgan fingerprint density at radius 3 is 2.74 bits per heavy atom. The molecular formula is C21H13FO5. The van der Waals surface area contributed by atoms with Gasteiger partial charge in [-0.25, -0.2) is 9.18 Å². The highest BCUT2D eigenvalue weighted by atomic mass is 19.1. The normalized spacial score (nSPS) is 14.1. The van der Waals surface area contributed by atoms with Gasteiger partial charge in [0.05, 0.1) is 17.4 Å². The first kappa shape index (κ1) is 16.8. The first-order valence-electron chi connectivity index (χ1n) is 8.12. The van der Waals surface area contributed by atoms with Gasteiger partial charge in [0.2, 0.25) is 5.78 Å². The highest BCUT2D eigenvalue weighted by molar-refractivity contribution is 6.14. The van der Waals surface area contributed by atoms with Crippen molar-refractivity contribution in [1.82, 2.24) is 0 Å². The highest BCUT2D eigenvalue weighted by Crippen LogP contribution is 2.39. The minimum absolute atomic E-state index is 0.0882. The first-order valence-corrected chi connectivity index (χ1v) is 8.12. The first-order chi connectivity index (χ1) is 13.0. The number of carbonyl (C=O) groups is 2. The number of benzene rings is 2. The molecule has 0 unspecified atom stereocenters. The van der Waals surface area contributed by atoms with Crippen molar-refractivity contribution in [3.05, 3.63) is 88.8 Å². The van der Waals surface area contributed by atoms with E-state index in [4.69, 9.17) is 13.9 Å². The molecule has 1 aliphatic rings. The predicted molar refractivity (Wildman–Crippen MR) is 94.2 cm³/mol. The average molecular weight is 364 g/mol. The molecule has 3 aromatic rings. The second-order valence-corrected chi connectivity index (χ2v) is 5.92. The Balaban J connectivity index is 1.62. The molecule has 0 saturated carbocycles. The number of esters is 1. The summed E-state index contributed by atoms with van der Waals surface area (Å²) in [5.41, 5.74) is 0.953. The number of hydrogen-bond donors (Lipinski definition) is 0. The SMILES string of the molecule is Cc1c(OC(=O)c2cccc(F)c2)ccc2c1O/C(=C\c1ccco1)C2=O. The lowest BCUT2D eigenvalue weighted by Gasteiger charge is -2.10. The van der Waals surface area contributed by atoms with Crippen molar-refractivity contribution in [3.63, 3.8) is 0 Å². The molecule has 0 amide bonds. The zero-order valence-corrected chi connectivity index (χ0v) is 14.2. The minimum Gasteiger partial charge on any atom is -0.465 e. The molecule has 0 saturated heterocycles. The van der Waals surface area contributed by atoms with E-state index in [0.29, 0.717) is 22.6 Å². The summed E-state index contributed by atoms with van der Waals surface area (Å²) in [7, 11) is 0. The predicted octanol–water partition coefficient (Wildman–Crippen LogP) is 4.56. The van der Waals surface area contributed by atoms with Crippen molar-refractivity contribution in [1.29, 1.82) is 0 Å². The molecule has 1 aromatic heterocycles. The molecule has 0 N–H and O–H groups in total. The molecule has 134 valence electrons. The molecule has 0 fully saturated rings. The van der Waals surface area contributed by atoms with E-state index in [1.54, 1.807) is 19.1 Å². The summed E-state index contributed by atoms with van der Waals surface area (Å²) in [4.78, 5) is 24.7. The number of ether oxygens (including phenoxy) is 2. The molecule has 0 radical (unpaired) electrons. The van der Waals surface area contributed by atoms with Crippen LogP contribution in [0.2, 0.25) is 0 Å². The van der Waals surface area contributed by atoms with Crippen LogP contribution in [0.3, 0.4) is 0 Å². The number of rotatable bonds is 3. The average Bonchev–Trinajstić information content (AvgIpc) is 3.27. The molecule has 1 aliphatic heterocycles. The Labute approximate surface area is 153 Å². The number of halogens is 1. The van der Waals surface area contributed by atoms with E-state index in [2.05, 4.69) is 0 Å². The van der Waals surface area contributed by atoms with Crippen LogP contribution in [-0.2, 0) is 0 Å². The quantitative estimate of drug-likeness (QED) is 0.387. The highest BCUT2D eigenvalue weighted by Gasteiger charge is 2.30. The second-order valence-electron chi connectivity index (χ2n) is 5.92. The van der Waals surface area contributed by atoms with E-state index < -0.39 is 11.8 Å². The van der Waals surface area contributed by atoms with Gasteiger partial charge < -0.3 is 13.9 Å². The van der Waals surface area contributed by atoms with Gasteiger partial charge in [-0.2, -0.15) is 0 Å². The van der Waals surface area contributed by atoms with Gasteiger partial charge in [-0.15, -0.1) is 0 Å². The van der Waals surface area contributed by atoms with Gasteiger partial charge in [-0.05, 0) is 49.4 Å². The molecule has 0 spiro atoms. The lowest BCUT2D eigenvalue weighted by atomic mass is 10.1. The molecule has 6 heteroatoms. The Bertz CT molecular complexity index is 1080. The van der Waals surface area contributed by atoms with Crippen molar-refractivity contribution in [3.8, 4) is 11.5 Å². The van der Waals surface area contributed by atoms with Crippen molar-refractivity contribution in [2.24, 2.45) is 0 Å². The lowest BCUT2D eigenvalue weighted by molar-refractivity contribution is 0.0732. The number of fused-ring (bicyclic) bond motifs is 1. The summed E-state index contributed by atoms with van der Waals surface area (Å²) in [5, 5.41) is 0. The molecular weight excluding hydrogens is 351 g/mol. The molecule has 5 nitrogen and oxygen atoms in total. The third-order valence-corrected chi connectivity index (χ3v) is 4.12. The zero-order valence-electron chi connectivity index (χ0n) is 14.2. The van der Waals surface area contributed by atoms with E-state index >= 15 is 0 Å². The lowest BCUT2D eigenvalue weighted by Crippen LogP contribution is -2.09. The maximum absolute atomic E-state index is 13.3. The molecule has 2 aromatic carbocycles. The summed E-state index contributed by atoms with van der Waals surface area (Å²) >= 11 is 0. The third-order valence-electron chi connectivity index (χ3n) is 4.12. The maximum Gasteiger partial charge on any atom is 0.343 e. The third kappa shape index (κ3) is 3.13.